The van der Waals surface area contributed by atoms with Crippen LogP contribution in [0.5, 0.6) is 0 Å². The molecule has 2 aliphatic rings. The second kappa shape index (κ2) is 8.65. The van der Waals surface area contributed by atoms with Crippen LogP contribution in [-0.4, -0.2) is 36.8 Å². The third-order valence-electron chi connectivity index (χ3n) is 3.01. The van der Waals surface area contributed by atoms with Crippen molar-refractivity contribution in [2.24, 2.45) is 0 Å². The Hall–Kier alpha value is 1.27. The van der Waals surface area contributed by atoms with E-state index in [1.165, 1.54) is 0 Å². The van der Waals surface area contributed by atoms with Crippen LogP contribution in [-0.2, 0) is 21.7 Å². The third kappa shape index (κ3) is 7.73. The molecule has 0 radical (unpaired) electrons. The van der Waals surface area contributed by atoms with Crippen molar-refractivity contribution in [2.45, 2.75) is 42.5 Å². The van der Waals surface area contributed by atoms with Crippen LogP contribution in [0.15, 0.2) is 31.5 Å². The summed E-state index contributed by atoms with van der Waals surface area (Å²) in [5.41, 5.74) is 0. The summed E-state index contributed by atoms with van der Waals surface area (Å²) in [6.45, 7) is 0. The standard InChI is InChI=1S/2C5H4.6CH3.2Sn.Ti.2H/c2*1-2-4-5-3-1;;;;;;;;;;;/h2*1-2H,3H2;6*1H3;;;;;/q2*-1;;;;;;;;;+4;2*-1. The van der Waals surface area contributed by atoms with Crippen molar-refractivity contribution < 1.29 is 24.6 Å². The van der Waals surface area contributed by atoms with Gasteiger partial charge in [0.1, 0.15) is 0 Å². The molecule has 0 spiro atoms. The van der Waals surface area contributed by atoms with Crippen molar-refractivity contribution in [3.8, 4) is 0 Å². The maximum atomic E-state index is 3.40. The van der Waals surface area contributed by atoms with E-state index in [-0.39, 0.29) is 24.6 Å². The van der Waals surface area contributed by atoms with Crippen molar-refractivity contribution in [3.63, 3.8) is 0 Å². The second-order valence-electron chi connectivity index (χ2n) is 6.89. The molecule has 0 unspecified atom stereocenters. The van der Waals surface area contributed by atoms with Crippen LogP contribution in [0.4, 0.5) is 0 Å². The SMILES string of the molecule is [CH3][Sn]([CH3])([CH3])[C]1=[C-]CC=C1.[CH3][Sn]([CH3])([CH3])[C]1=[C-]CC=C1.[H-].[H-].[Ti+4]. The normalized spacial score (nSPS) is 17.4. The van der Waals surface area contributed by atoms with Crippen LogP contribution in [0.1, 0.15) is 15.7 Å². The predicted octanol–water partition coefficient (Wildman–Crippen LogP) is 5.33. The molecule has 0 amide bonds. The Bertz CT molecular complexity index is 371. The molecule has 0 aliphatic heterocycles. The van der Waals surface area contributed by atoms with Crippen LogP contribution >= 0.6 is 0 Å². The summed E-state index contributed by atoms with van der Waals surface area (Å²) in [7, 11) is 0. The zero-order valence-corrected chi connectivity index (χ0v) is 20.5. The minimum absolute atomic E-state index is 0. The summed E-state index contributed by atoms with van der Waals surface area (Å²) in [6.07, 6.45) is 17.8. The average molecular weight is 506 g/mol. The van der Waals surface area contributed by atoms with Crippen molar-refractivity contribution >= 4 is 36.8 Å². The molecular weight excluding hydrogens is 477 g/mol. The molecular formula is C16H28Sn2Ti. The van der Waals surface area contributed by atoms with Gasteiger partial charge in [-0.2, -0.15) is 0 Å². The molecule has 0 aromatic heterocycles. The Balaban J connectivity index is -0.000000270. The molecule has 104 valence electrons. The van der Waals surface area contributed by atoms with Crippen molar-refractivity contribution in [2.75, 3.05) is 0 Å². The van der Waals surface area contributed by atoms with Crippen LogP contribution in [0.3, 0.4) is 0 Å². The molecule has 0 heterocycles. The third-order valence-corrected chi connectivity index (χ3v) is 14.2. The number of rotatable bonds is 2. The Labute approximate surface area is 146 Å². The van der Waals surface area contributed by atoms with E-state index in [2.05, 4.69) is 66.1 Å². The first-order valence-electron chi connectivity index (χ1n) is 6.77. The van der Waals surface area contributed by atoms with Crippen LogP contribution < -0.4 is 0 Å². The van der Waals surface area contributed by atoms with E-state index in [1.807, 2.05) is 0 Å². The molecule has 0 saturated heterocycles. The van der Waals surface area contributed by atoms with Gasteiger partial charge in [0.15, 0.2) is 0 Å². The van der Waals surface area contributed by atoms with Gasteiger partial charge < -0.3 is 2.85 Å². The van der Waals surface area contributed by atoms with Gasteiger partial charge in [0.05, 0.1) is 0 Å². The maximum absolute atomic E-state index is 3.40. The van der Waals surface area contributed by atoms with Gasteiger partial charge in [0.2, 0.25) is 0 Å². The van der Waals surface area contributed by atoms with E-state index in [9.17, 15) is 0 Å². The van der Waals surface area contributed by atoms with Crippen LogP contribution in [0.25, 0.3) is 0 Å². The van der Waals surface area contributed by atoms with Gasteiger partial charge in [0, 0.05) is 0 Å². The number of allylic oxidation sites excluding steroid dienone is 8. The topological polar surface area (TPSA) is 0 Å². The minimum atomic E-state index is -1.67. The fraction of sp³-hybridized carbons (Fsp3) is 0.500. The summed E-state index contributed by atoms with van der Waals surface area (Å²) in [6, 6.07) is 0. The Kier molecular flexibility index (Phi) is 9.23. The van der Waals surface area contributed by atoms with E-state index >= 15 is 0 Å². The molecule has 2 rings (SSSR count). The maximum Gasteiger partial charge on any atom is 4.00 e. The Morgan fingerprint density at radius 2 is 1.11 bits per heavy atom. The summed E-state index contributed by atoms with van der Waals surface area (Å²) < 4.78 is 3.12. The van der Waals surface area contributed by atoms with Gasteiger partial charge in [-0.1, -0.05) is 0 Å². The molecule has 3 heteroatoms. The van der Waals surface area contributed by atoms with E-state index in [0.29, 0.717) is 0 Å². The Morgan fingerprint density at radius 3 is 1.21 bits per heavy atom. The molecule has 2 aliphatic carbocycles. The number of hydrogen-bond acceptors (Lipinski definition) is 0. The largest absolute Gasteiger partial charge is 4.00 e. The average Bonchev–Trinajstić information content (AvgIpc) is 2.91. The fourth-order valence-electron chi connectivity index (χ4n) is 1.84. The second-order valence-corrected chi connectivity index (χ2v) is 35.7. The van der Waals surface area contributed by atoms with E-state index < -0.39 is 36.8 Å². The molecule has 0 bridgehead atoms. The molecule has 0 atom stereocenters. The molecule has 0 N–H and O–H groups in total. The molecule has 19 heavy (non-hydrogen) atoms. The smallest absolute Gasteiger partial charge is 1.00 e. The van der Waals surface area contributed by atoms with E-state index in [1.54, 1.807) is 7.18 Å². The van der Waals surface area contributed by atoms with Crippen molar-refractivity contribution in [1.82, 2.24) is 0 Å². The first kappa shape index (κ1) is 20.3. The van der Waals surface area contributed by atoms with Crippen molar-refractivity contribution in [1.29, 1.82) is 0 Å². The van der Waals surface area contributed by atoms with Gasteiger partial charge in [0.25, 0.3) is 0 Å². The molecule has 0 aromatic carbocycles. The van der Waals surface area contributed by atoms with Gasteiger partial charge in [-0.15, -0.1) is 0 Å². The molecule has 0 saturated carbocycles. The zero-order valence-electron chi connectivity index (χ0n) is 15.2. The predicted molar refractivity (Wildman–Crippen MR) is 89.9 cm³/mol. The summed E-state index contributed by atoms with van der Waals surface area (Å²) in [5.74, 6) is 0. The number of hydrogen-bond donors (Lipinski definition) is 0. The van der Waals surface area contributed by atoms with Crippen LogP contribution in [0, 0.1) is 12.2 Å². The van der Waals surface area contributed by atoms with Crippen molar-refractivity contribution in [3.05, 3.63) is 43.6 Å². The molecule has 0 fully saturated rings. The monoisotopic (exact) mass is 508 g/mol. The van der Waals surface area contributed by atoms with Gasteiger partial charge in [-0.3, -0.25) is 0 Å². The van der Waals surface area contributed by atoms with Gasteiger partial charge in [-0.25, -0.2) is 0 Å². The van der Waals surface area contributed by atoms with E-state index in [0.717, 1.165) is 12.8 Å². The first-order valence-corrected chi connectivity index (χ1v) is 26.7. The Morgan fingerprint density at radius 1 is 0.789 bits per heavy atom. The fourth-order valence-corrected chi connectivity index (χ4v) is 8.98. The first-order chi connectivity index (χ1) is 8.21. The molecule has 0 nitrogen and oxygen atoms in total. The molecule has 0 aromatic rings. The summed E-state index contributed by atoms with van der Waals surface area (Å²) in [5, 5.41) is 0. The zero-order chi connectivity index (χ0) is 13.8. The summed E-state index contributed by atoms with van der Waals surface area (Å²) >= 11 is -3.35. The van der Waals surface area contributed by atoms with E-state index in [4.69, 9.17) is 0 Å². The summed E-state index contributed by atoms with van der Waals surface area (Å²) in [4.78, 5) is 14.5. The van der Waals surface area contributed by atoms with Crippen LogP contribution in [0.2, 0.25) is 29.6 Å². The minimum Gasteiger partial charge on any atom is -1.00 e. The quantitative estimate of drug-likeness (QED) is 0.352. The van der Waals surface area contributed by atoms with Gasteiger partial charge in [-0.05, 0) is 0 Å². The van der Waals surface area contributed by atoms with Gasteiger partial charge >= 0.3 is 145 Å².